The minimum Gasteiger partial charge on any atom is -0.449 e. The summed E-state index contributed by atoms with van der Waals surface area (Å²) < 4.78 is 10.5. The number of halogens is 2. The number of aromatic nitrogens is 1. The summed E-state index contributed by atoms with van der Waals surface area (Å²) in [5, 5.41) is 3.35. The average Bonchev–Trinajstić information content (AvgIpc) is 3.11. The maximum atomic E-state index is 12.5. The van der Waals surface area contributed by atoms with E-state index in [2.05, 4.69) is 10.3 Å². The number of carbonyl (C=O) groups is 2. The lowest BCUT2D eigenvalue weighted by Crippen LogP contribution is -2.32. The second kappa shape index (κ2) is 7.76. The van der Waals surface area contributed by atoms with Crippen molar-refractivity contribution in [3.05, 3.63) is 58.4 Å². The van der Waals surface area contributed by atoms with Crippen molar-refractivity contribution in [3.63, 3.8) is 0 Å². The molecule has 0 aliphatic carbocycles. The number of fused-ring (bicyclic) bond motifs is 1. The molecule has 1 unspecified atom stereocenters. The molecule has 2 aromatic carbocycles. The van der Waals surface area contributed by atoms with E-state index in [9.17, 15) is 9.59 Å². The first-order valence-corrected chi connectivity index (χ1v) is 8.54. The van der Waals surface area contributed by atoms with Crippen molar-refractivity contribution in [2.24, 2.45) is 0 Å². The molecule has 26 heavy (non-hydrogen) atoms. The number of ether oxygens (including phenoxy) is 1. The van der Waals surface area contributed by atoms with E-state index in [-0.39, 0.29) is 5.56 Å². The summed E-state index contributed by atoms with van der Waals surface area (Å²) in [6.45, 7) is 1.74. The van der Waals surface area contributed by atoms with E-state index in [1.54, 1.807) is 37.3 Å². The Balaban J connectivity index is 1.74. The molecule has 3 rings (SSSR count). The Hall–Kier alpha value is -2.57. The van der Waals surface area contributed by atoms with Crippen molar-refractivity contribution in [2.45, 2.75) is 19.4 Å². The Morgan fingerprint density at radius 1 is 1.23 bits per heavy atom. The van der Waals surface area contributed by atoms with E-state index in [0.29, 0.717) is 33.3 Å². The highest BCUT2D eigenvalue weighted by molar-refractivity contribution is 6.42. The Morgan fingerprint density at radius 2 is 2.04 bits per heavy atom. The molecule has 0 saturated carbocycles. The number of nitrogens with one attached hydrogen (secondary N) is 1. The first-order chi connectivity index (χ1) is 12.5. The second-order valence-electron chi connectivity index (χ2n) is 5.43. The van der Waals surface area contributed by atoms with Crippen LogP contribution < -0.4 is 5.32 Å². The highest BCUT2D eigenvalue weighted by Gasteiger charge is 2.24. The van der Waals surface area contributed by atoms with Crippen LogP contribution in [-0.2, 0) is 9.53 Å². The molecule has 1 N–H and O–H groups in total. The smallest absolute Gasteiger partial charge is 0.341 e. The lowest BCUT2D eigenvalue weighted by molar-refractivity contribution is -0.124. The molecule has 0 radical (unpaired) electrons. The van der Waals surface area contributed by atoms with E-state index >= 15 is 0 Å². The Morgan fingerprint density at radius 3 is 2.77 bits per heavy atom. The minimum atomic E-state index is -0.973. The summed E-state index contributed by atoms with van der Waals surface area (Å²) in [4.78, 5) is 28.9. The number of esters is 1. The van der Waals surface area contributed by atoms with Gasteiger partial charge in [0, 0.05) is 5.69 Å². The molecular weight excluding hydrogens is 379 g/mol. The molecule has 0 spiro atoms. The van der Waals surface area contributed by atoms with Crippen LogP contribution in [0.1, 0.15) is 23.7 Å². The van der Waals surface area contributed by atoms with Crippen molar-refractivity contribution >= 4 is 51.9 Å². The molecule has 3 aromatic rings. The molecule has 1 amide bonds. The molecular formula is C18H14Cl2N2O4. The molecule has 1 aromatic heterocycles. The van der Waals surface area contributed by atoms with Crippen LogP contribution >= 0.6 is 23.2 Å². The van der Waals surface area contributed by atoms with E-state index in [1.807, 2.05) is 0 Å². The number of amides is 1. The van der Waals surface area contributed by atoms with E-state index in [0.717, 1.165) is 0 Å². The van der Waals surface area contributed by atoms with Gasteiger partial charge in [0.25, 0.3) is 5.91 Å². The lowest BCUT2D eigenvalue weighted by atomic mass is 10.2. The topological polar surface area (TPSA) is 81.4 Å². The molecule has 0 bridgehead atoms. The molecule has 1 atom stereocenters. The van der Waals surface area contributed by atoms with Gasteiger partial charge in [-0.1, -0.05) is 36.2 Å². The number of carbonyl (C=O) groups excluding carboxylic acids is 2. The molecule has 0 saturated heterocycles. The molecule has 134 valence electrons. The normalized spacial score (nSPS) is 12.0. The molecule has 6 nitrogen and oxygen atoms in total. The molecule has 0 fully saturated rings. The number of hydrogen-bond acceptors (Lipinski definition) is 5. The van der Waals surface area contributed by atoms with Crippen molar-refractivity contribution < 1.29 is 18.7 Å². The van der Waals surface area contributed by atoms with Gasteiger partial charge in [0.15, 0.2) is 18.1 Å². The number of rotatable bonds is 5. The summed E-state index contributed by atoms with van der Waals surface area (Å²) in [6.07, 6.45) is 0.572. The van der Waals surface area contributed by atoms with Crippen LogP contribution in [0, 0.1) is 0 Å². The third-order valence-corrected chi connectivity index (χ3v) is 4.42. The summed E-state index contributed by atoms with van der Waals surface area (Å²) in [5.41, 5.74) is 1.54. The molecule has 0 aliphatic rings. The number of hydrogen-bond donors (Lipinski definition) is 1. The summed E-state index contributed by atoms with van der Waals surface area (Å²) in [7, 11) is 0. The third-order valence-electron chi connectivity index (χ3n) is 3.68. The van der Waals surface area contributed by atoms with Crippen LogP contribution in [0.25, 0.3) is 11.1 Å². The summed E-state index contributed by atoms with van der Waals surface area (Å²) >= 11 is 11.8. The number of para-hydroxylation sites is 1. The van der Waals surface area contributed by atoms with Gasteiger partial charge in [-0.25, -0.2) is 9.78 Å². The third kappa shape index (κ3) is 3.81. The van der Waals surface area contributed by atoms with Crippen LogP contribution in [0.4, 0.5) is 5.69 Å². The molecule has 1 heterocycles. The Labute approximate surface area is 159 Å². The monoisotopic (exact) mass is 392 g/mol. The fraction of sp³-hybridized carbons (Fsp3) is 0.167. The highest BCUT2D eigenvalue weighted by atomic mass is 35.5. The summed E-state index contributed by atoms with van der Waals surface area (Å²) in [6, 6.07) is 9.60. The van der Waals surface area contributed by atoms with Gasteiger partial charge >= 0.3 is 5.97 Å². The fourth-order valence-corrected chi connectivity index (χ4v) is 2.66. The second-order valence-corrected chi connectivity index (χ2v) is 6.24. The Kier molecular flexibility index (Phi) is 5.44. The zero-order valence-corrected chi connectivity index (χ0v) is 15.2. The number of benzene rings is 2. The largest absolute Gasteiger partial charge is 0.449 e. The molecule has 0 aliphatic heterocycles. The maximum absolute atomic E-state index is 12.5. The number of oxazole rings is 1. The van der Waals surface area contributed by atoms with Gasteiger partial charge in [-0.15, -0.1) is 0 Å². The standard InChI is InChI=1S/C18H14Cl2N2O4/c1-2-14(17(23)22-10-6-7-12(19)13(20)8-10)26-18(24)11-4-3-5-15-16(11)21-9-25-15/h3-9,14H,2H2,1H3,(H,22,23). The van der Waals surface area contributed by atoms with Crippen LogP contribution in [0.3, 0.4) is 0 Å². The van der Waals surface area contributed by atoms with Gasteiger partial charge in [-0.2, -0.15) is 0 Å². The van der Waals surface area contributed by atoms with Crippen molar-refractivity contribution in [1.29, 1.82) is 0 Å². The van der Waals surface area contributed by atoms with E-state index < -0.39 is 18.0 Å². The number of anilines is 1. The predicted octanol–water partition coefficient (Wildman–Crippen LogP) is 4.71. The van der Waals surface area contributed by atoms with Crippen molar-refractivity contribution in [3.8, 4) is 0 Å². The van der Waals surface area contributed by atoms with Crippen LogP contribution in [-0.4, -0.2) is 23.0 Å². The van der Waals surface area contributed by atoms with Gasteiger partial charge in [-0.3, -0.25) is 4.79 Å². The van der Waals surface area contributed by atoms with Crippen LogP contribution in [0.15, 0.2) is 47.2 Å². The van der Waals surface area contributed by atoms with E-state index in [1.165, 1.54) is 12.5 Å². The Bertz CT molecular complexity index is 971. The average molecular weight is 393 g/mol. The van der Waals surface area contributed by atoms with Gasteiger partial charge < -0.3 is 14.5 Å². The molecule has 8 heteroatoms. The maximum Gasteiger partial charge on any atom is 0.341 e. The van der Waals surface area contributed by atoms with Gasteiger partial charge in [0.2, 0.25) is 0 Å². The highest BCUT2D eigenvalue weighted by Crippen LogP contribution is 2.25. The van der Waals surface area contributed by atoms with E-state index in [4.69, 9.17) is 32.4 Å². The zero-order valence-electron chi connectivity index (χ0n) is 13.7. The van der Waals surface area contributed by atoms with Gasteiger partial charge in [0.05, 0.1) is 15.6 Å². The minimum absolute atomic E-state index is 0.233. The first-order valence-electron chi connectivity index (χ1n) is 7.78. The van der Waals surface area contributed by atoms with Gasteiger partial charge in [0.1, 0.15) is 5.52 Å². The van der Waals surface area contributed by atoms with Gasteiger partial charge in [-0.05, 0) is 36.8 Å². The van der Waals surface area contributed by atoms with Crippen LogP contribution in [0.5, 0.6) is 0 Å². The predicted molar refractivity (Wildman–Crippen MR) is 98.6 cm³/mol. The zero-order chi connectivity index (χ0) is 18.7. The summed E-state index contributed by atoms with van der Waals surface area (Å²) in [5.74, 6) is -1.12. The van der Waals surface area contributed by atoms with Crippen molar-refractivity contribution in [2.75, 3.05) is 5.32 Å². The SMILES string of the molecule is CCC(OC(=O)c1cccc2ocnc12)C(=O)Nc1ccc(Cl)c(Cl)c1. The fourth-order valence-electron chi connectivity index (χ4n) is 2.36. The lowest BCUT2D eigenvalue weighted by Gasteiger charge is -2.16. The number of nitrogens with zero attached hydrogens (tertiary/aromatic N) is 1. The van der Waals surface area contributed by atoms with Crippen LogP contribution in [0.2, 0.25) is 10.0 Å². The van der Waals surface area contributed by atoms with Crippen molar-refractivity contribution in [1.82, 2.24) is 4.98 Å². The quantitative estimate of drug-likeness (QED) is 0.635. The first kappa shape index (κ1) is 18.2.